The molecule has 19 heavy (non-hydrogen) atoms. The summed E-state index contributed by atoms with van der Waals surface area (Å²) in [6, 6.07) is 2.62. The summed E-state index contributed by atoms with van der Waals surface area (Å²) in [7, 11) is -3.61. The highest BCUT2D eigenvalue weighted by atomic mass is 32.2. The first-order chi connectivity index (χ1) is 9.09. The van der Waals surface area contributed by atoms with E-state index in [-0.39, 0.29) is 17.5 Å². The van der Waals surface area contributed by atoms with E-state index in [1.807, 2.05) is 0 Å². The van der Waals surface area contributed by atoms with Gasteiger partial charge in [-0.3, -0.25) is 0 Å². The van der Waals surface area contributed by atoms with E-state index in [0.29, 0.717) is 18.8 Å². The summed E-state index contributed by atoms with van der Waals surface area (Å²) < 4.78 is 26.3. The fourth-order valence-corrected chi connectivity index (χ4v) is 3.86. The summed E-state index contributed by atoms with van der Waals surface area (Å²) in [5.41, 5.74) is 2.35. The van der Waals surface area contributed by atoms with Gasteiger partial charge in [0, 0.05) is 18.8 Å². The molecule has 1 unspecified atom stereocenters. The molecule has 1 atom stereocenters. The Labute approximate surface area is 112 Å². The van der Waals surface area contributed by atoms with Gasteiger partial charge >= 0.3 is 0 Å². The van der Waals surface area contributed by atoms with Crippen molar-refractivity contribution in [2.24, 2.45) is 5.84 Å². The van der Waals surface area contributed by atoms with Crippen LogP contribution in [0.1, 0.15) is 19.3 Å². The average Bonchev–Trinajstić information content (AvgIpc) is 2.47. The lowest BCUT2D eigenvalue weighted by molar-refractivity contribution is 0.155. The van der Waals surface area contributed by atoms with Crippen LogP contribution in [0.2, 0.25) is 0 Å². The van der Waals surface area contributed by atoms with Crippen LogP contribution in [0.3, 0.4) is 0 Å². The third kappa shape index (κ3) is 2.86. The number of sulfonamides is 1. The summed E-state index contributed by atoms with van der Waals surface area (Å²) in [4.78, 5) is 4.02. The van der Waals surface area contributed by atoms with Crippen LogP contribution in [-0.4, -0.2) is 42.0 Å². The van der Waals surface area contributed by atoms with E-state index in [4.69, 9.17) is 5.84 Å². The van der Waals surface area contributed by atoms with Crippen LogP contribution in [0.15, 0.2) is 23.2 Å². The Hall–Kier alpha value is -1.22. The molecule has 106 valence electrons. The van der Waals surface area contributed by atoms with Gasteiger partial charge in [-0.15, -0.1) is 0 Å². The molecule has 8 heteroatoms. The zero-order valence-corrected chi connectivity index (χ0v) is 11.3. The summed E-state index contributed by atoms with van der Waals surface area (Å²) in [6.07, 6.45) is 3.70. The number of hydrogen-bond donors (Lipinski definition) is 3. The first-order valence-corrected chi connectivity index (χ1v) is 7.59. The largest absolute Gasteiger partial charge is 0.395 e. The molecule has 1 saturated heterocycles. The van der Waals surface area contributed by atoms with E-state index in [9.17, 15) is 13.5 Å². The molecule has 1 aliphatic rings. The maximum absolute atomic E-state index is 12.5. The molecular weight excluding hydrogens is 268 g/mol. The van der Waals surface area contributed by atoms with Crippen molar-refractivity contribution in [1.29, 1.82) is 0 Å². The van der Waals surface area contributed by atoms with Gasteiger partial charge in [-0.05, 0) is 25.0 Å². The van der Waals surface area contributed by atoms with Crippen molar-refractivity contribution < 1.29 is 13.5 Å². The highest BCUT2D eigenvalue weighted by Crippen LogP contribution is 2.25. The average molecular weight is 286 g/mol. The molecule has 2 heterocycles. The second-order valence-corrected chi connectivity index (χ2v) is 6.36. The standard InChI is InChI=1S/C11H18N4O3S/c12-14-11-5-4-10(7-13-11)19(17,18)15-6-2-1-3-9(15)8-16/h4-5,7,9,16H,1-3,6,8,12H2,(H,13,14). The van der Waals surface area contributed by atoms with Crippen LogP contribution in [-0.2, 0) is 10.0 Å². The predicted molar refractivity (Wildman–Crippen MR) is 70.7 cm³/mol. The second-order valence-electron chi connectivity index (χ2n) is 4.47. The summed E-state index contributed by atoms with van der Waals surface area (Å²) in [5.74, 6) is 5.59. The number of aliphatic hydroxyl groups is 1. The molecule has 1 fully saturated rings. The van der Waals surface area contributed by atoms with Crippen LogP contribution in [0, 0.1) is 0 Å². The summed E-state index contributed by atoms with van der Waals surface area (Å²) in [6.45, 7) is 0.277. The molecule has 4 N–H and O–H groups in total. The van der Waals surface area contributed by atoms with Gasteiger partial charge in [0.2, 0.25) is 10.0 Å². The molecule has 0 bridgehead atoms. The maximum atomic E-state index is 12.5. The zero-order valence-electron chi connectivity index (χ0n) is 10.5. The normalized spacial score (nSPS) is 21.3. The molecule has 1 aliphatic heterocycles. The number of pyridine rings is 1. The lowest BCUT2D eigenvalue weighted by atomic mass is 10.1. The number of hydrazine groups is 1. The van der Waals surface area contributed by atoms with Crippen molar-refractivity contribution in [2.75, 3.05) is 18.6 Å². The van der Waals surface area contributed by atoms with Crippen molar-refractivity contribution in [2.45, 2.75) is 30.2 Å². The summed E-state index contributed by atoms with van der Waals surface area (Å²) >= 11 is 0. The van der Waals surface area contributed by atoms with E-state index in [2.05, 4.69) is 10.4 Å². The molecule has 1 aromatic rings. The first kappa shape index (κ1) is 14.2. The van der Waals surface area contributed by atoms with Gasteiger partial charge in [0.25, 0.3) is 0 Å². The number of nitrogens with zero attached hydrogens (tertiary/aromatic N) is 2. The van der Waals surface area contributed by atoms with E-state index in [1.165, 1.54) is 22.6 Å². The van der Waals surface area contributed by atoms with E-state index in [1.54, 1.807) is 0 Å². The monoisotopic (exact) mass is 286 g/mol. The number of nitrogen functional groups attached to an aromatic ring is 1. The highest BCUT2D eigenvalue weighted by molar-refractivity contribution is 7.89. The van der Waals surface area contributed by atoms with Gasteiger partial charge in [-0.25, -0.2) is 19.2 Å². The Bertz CT molecular complexity index is 517. The van der Waals surface area contributed by atoms with Gasteiger partial charge in [-0.2, -0.15) is 4.31 Å². The van der Waals surface area contributed by atoms with Crippen molar-refractivity contribution in [1.82, 2.24) is 9.29 Å². The number of nitrogens with two attached hydrogens (primary N) is 1. The Morgan fingerprint density at radius 1 is 1.47 bits per heavy atom. The Morgan fingerprint density at radius 3 is 2.84 bits per heavy atom. The molecule has 2 rings (SSSR count). The van der Waals surface area contributed by atoms with Crippen LogP contribution < -0.4 is 11.3 Å². The number of nitrogens with one attached hydrogen (secondary N) is 1. The number of anilines is 1. The number of rotatable bonds is 4. The minimum atomic E-state index is -3.61. The lowest BCUT2D eigenvalue weighted by Gasteiger charge is -2.33. The van der Waals surface area contributed by atoms with Gasteiger partial charge < -0.3 is 10.5 Å². The van der Waals surface area contributed by atoms with E-state index in [0.717, 1.165) is 12.8 Å². The maximum Gasteiger partial charge on any atom is 0.244 e. The van der Waals surface area contributed by atoms with E-state index < -0.39 is 10.0 Å². The Kier molecular flexibility index (Phi) is 4.35. The molecule has 0 spiro atoms. The zero-order chi connectivity index (χ0) is 13.9. The van der Waals surface area contributed by atoms with Crippen LogP contribution >= 0.6 is 0 Å². The summed E-state index contributed by atoms with van der Waals surface area (Å²) in [5, 5.41) is 9.31. The van der Waals surface area contributed by atoms with Gasteiger partial charge in [0.05, 0.1) is 6.61 Å². The van der Waals surface area contributed by atoms with Crippen molar-refractivity contribution >= 4 is 15.8 Å². The number of piperidine rings is 1. The van der Waals surface area contributed by atoms with Gasteiger partial charge in [0.15, 0.2) is 0 Å². The Morgan fingerprint density at radius 2 is 2.26 bits per heavy atom. The van der Waals surface area contributed by atoms with Gasteiger partial charge in [-0.1, -0.05) is 6.42 Å². The molecule has 7 nitrogen and oxygen atoms in total. The van der Waals surface area contributed by atoms with Crippen LogP contribution in [0.25, 0.3) is 0 Å². The number of hydrogen-bond acceptors (Lipinski definition) is 6. The van der Waals surface area contributed by atoms with E-state index >= 15 is 0 Å². The van der Waals surface area contributed by atoms with Crippen LogP contribution in [0.4, 0.5) is 5.82 Å². The second kappa shape index (κ2) is 5.83. The van der Waals surface area contributed by atoms with Crippen molar-refractivity contribution in [3.05, 3.63) is 18.3 Å². The number of aromatic nitrogens is 1. The lowest BCUT2D eigenvalue weighted by Crippen LogP contribution is -2.45. The molecule has 0 aromatic carbocycles. The predicted octanol–water partition coefficient (Wildman–Crippen LogP) is -0.0973. The minimum Gasteiger partial charge on any atom is -0.395 e. The molecule has 0 amide bonds. The smallest absolute Gasteiger partial charge is 0.244 e. The topological polar surface area (TPSA) is 109 Å². The first-order valence-electron chi connectivity index (χ1n) is 6.15. The Balaban J connectivity index is 2.29. The molecule has 0 radical (unpaired) electrons. The quantitative estimate of drug-likeness (QED) is 0.527. The van der Waals surface area contributed by atoms with Crippen LogP contribution in [0.5, 0.6) is 0 Å². The molecule has 0 aliphatic carbocycles. The van der Waals surface area contributed by atoms with Crippen molar-refractivity contribution in [3.8, 4) is 0 Å². The highest BCUT2D eigenvalue weighted by Gasteiger charge is 2.33. The fraction of sp³-hybridized carbons (Fsp3) is 0.545. The number of aliphatic hydroxyl groups excluding tert-OH is 1. The van der Waals surface area contributed by atoms with Crippen molar-refractivity contribution in [3.63, 3.8) is 0 Å². The molecule has 0 saturated carbocycles. The third-order valence-corrected chi connectivity index (χ3v) is 5.21. The minimum absolute atomic E-state index is 0.117. The molecule has 1 aromatic heterocycles. The SMILES string of the molecule is NNc1ccc(S(=O)(=O)N2CCCCC2CO)cn1. The fourth-order valence-electron chi connectivity index (χ4n) is 2.23. The van der Waals surface area contributed by atoms with Gasteiger partial charge in [0.1, 0.15) is 10.7 Å². The third-order valence-electron chi connectivity index (χ3n) is 3.27. The molecular formula is C11H18N4O3S.